The van der Waals surface area contributed by atoms with Gasteiger partial charge >= 0.3 is 51.4 Å². The van der Waals surface area contributed by atoms with Gasteiger partial charge < -0.3 is 39.9 Å². The Morgan fingerprint density at radius 3 is 2.04 bits per heavy atom. The molecule has 4 unspecified atom stereocenters. The van der Waals surface area contributed by atoms with Gasteiger partial charge in [0.1, 0.15) is 28.5 Å². The minimum absolute atomic E-state index is 0. The molecule has 2 heterocycles. The van der Waals surface area contributed by atoms with E-state index in [1.807, 2.05) is 117 Å². The van der Waals surface area contributed by atoms with E-state index in [0.29, 0.717) is 71.7 Å². The molecule has 0 amide bonds. The minimum atomic E-state index is -0.477. The number of hydrogen-bond donors (Lipinski definition) is 5. The van der Waals surface area contributed by atoms with Crippen molar-refractivity contribution in [2.75, 3.05) is 0 Å². The van der Waals surface area contributed by atoms with Gasteiger partial charge in [-0.1, -0.05) is 154 Å². The quantitative estimate of drug-likeness (QED) is 0.0142. The predicted octanol–water partition coefficient (Wildman–Crippen LogP) is 11.2. The van der Waals surface area contributed by atoms with Crippen LogP contribution in [0.15, 0.2) is 183 Å². The summed E-state index contributed by atoms with van der Waals surface area (Å²) in [6.45, 7) is 5.45. The van der Waals surface area contributed by atoms with Crippen LogP contribution >= 0.6 is 8.58 Å². The Labute approximate surface area is 450 Å². The molecule has 4 atom stereocenters. The van der Waals surface area contributed by atoms with Gasteiger partial charge in [-0.05, 0) is 107 Å². The predicted molar refractivity (Wildman–Crippen MR) is 277 cm³/mol. The molecule has 9 nitrogen and oxygen atoms in total. The average Bonchev–Trinajstić information content (AvgIpc) is 3.74. The van der Waals surface area contributed by atoms with Crippen molar-refractivity contribution in [1.29, 1.82) is 0 Å². The van der Waals surface area contributed by atoms with Gasteiger partial charge in [0.05, 0.1) is 22.5 Å². The first-order valence-corrected chi connectivity index (χ1v) is 24.0. The van der Waals surface area contributed by atoms with Crippen LogP contribution < -0.4 is 51.4 Å². The van der Waals surface area contributed by atoms with Crippen molar-refractivity contribution in [2.24, 2.45) is 15.0 Å². The van der Waals surface area contributed by atoms with Crippen LogP contribution in [-0.2, 0) is 0 Å². The molecule has 0 bridgehead atoms. The number of nitrogens with zero attached hydrogens (tertiary/aromatic N) is 3. The summed E-state index contributed by atoms with van der Waals surface area (Å²) in [6.07, 6.45) is 10.6. The van der Waals surface area contributed by atoms with Crippen molar-refractivity contribution < 1.29 is 81.3 Å². The van der Waals surface area contributed by atoms with Crippen LogP contribution in [0.5, 0.6) is 28.7 Å². The molecule has 70 heavy (non-hydrogen) atoms. The third-order valence-corrected chi connectivity index (χ3v) is 15.1. The Kier molecular flexibility index (Phi) is 13.3. The summed E-state index contributed by atoms with van der Waals surface area (Å²) in [5.41, 5.74) is 9.71. The number of hydrogen-bond acceptors (Lipinski definition) is 8. The van der Waals surface area contributed by atoms with Gasteiger partial charge in [0.25, 0.3) is 0 Å². The number of aromatic hydroxyl groups is 5. The van der Waals surface area contributed by atoms with Crippen LogP contribution in [0, 0.1) is 6.54 Å². The molecule has 0 spiro atoms. The van der Waals surface area contributed by atoms with Crippen molar-refractivity contribution in [3.63, 3.8) is 0 Å². The largest absolute Gasteiger partial charge is 1.00 e. The molecule has 0 saturated heterocycles. The zero-order chi connectivity index (χ0) is 47.3. The first-order chi connectivity index (χ1) is 33.7. The smallest absolute Gasteiger partial charge is 0.551 e. The van der Waals surface area contributed by atoms with Crippen molar-refractivity contribution in [1.82, 2.24) is 0 Å². The fourth-order valence-electron chi connectivity index (χ4n) is 10.1. The number of aliphatic imine (C=N–C) groups is 3. The van der Waals surface area contributed by atoms with Crippen LogP contribution in [0.3, 0.4) is 0 Å². The van der Waals surface area contributed by atoms with Crippen LogP contribution in [0.2, 0.25) is 0 Å². The van der Waals surface area contributed by atoms with Gasteiger partial charge in [-0.3, -0.25) is 0 Å². The Hall–Kier alpha value is -6.49. The maximum absolute atomic E-state index is 12.7. The number of phenolic OH excluding ortho intramolecular Hbond substituents is 5. The Balaban J connectivity index is 0.00000567. The number of allylic oxidation sites excluding steroid dienone is 4. The second-order valence-electron chi connectivity index (χ2n) is 17.5. The molecule has 5 N–H and O–H groups in total. The fraction of sp³-hybridized carbons (Fsp3) is 0.119. The number of furan rings is 1. The molecule has 7 aromatic carbocycles. The van der Waals surface area contributed by atoms with E-state index in [2.05, 4.69) is 42.6 Å². The van der Waals surface area contributed by atoms with Gasteiger partial charge in [-0.2, -0.15) is 0 Å². The maximum Gasteiger partial charge on any atom is 1.00 e. The summed E-state index contributed by atoms with van der Waals surface area (Å²) < 4.78 is 6.61. The van der Waals surface area contributed by atoms with Crippen molar-refractivity contribution >= 4 is 42.7 Å². The van der Waals surface area contributed by atoms with Crippen molar-refractivity contribution in [3.05, 3.63) is 209 Å². The molecule has 8 aromatic rings. The summed E-state index contributed by atoms with van der Waals surface area (Å²) in [5, 5.41) is 60.9. The molecular weight excluding hydrogens is 917 g/mol. The van der Waals surface area contributed by atoms with Gasteiger partial charge in [0.15, 0.2) is 11.5 Å². The van der Waals surface area contributed by atoms with Crippen LogP contribution in [-0.4, -0.2) is 43.0 Å². The third kappa shape index (κ3) is 8.32. The van der Waals surface area contributed by atoms with Crippen molar-refractivity contribution in [2.45, 2.75) is 44.2 Å². The van der Waals surface area contributed by atoms with E-state index in [4.69, 9.17) is 19.4 Å². The number of phenols is 5. The number of fused-ring (bicyclic) bond motifs is 9. The van der Waals surface area contributed by atoms with E-state index in [-0.39, 0.29) is 109 Å². The van der Waals surface area contributed by atoms with E-state index < -0.39 is 5.75 Å². The molecule has 340 valence electrons. The minimum Gasteiger partial charge on any atom is -0.551 e. The molecule has 1 saturated carbocycles. The van der Waals surface area contributed by atoms with E-state index in [1.165, 1.54) is 12.6 Å². The first kappa shape index (κ1) is 47.2. The maximum atomic E-state index is 12.7. The monoisotopic (exact) mass is 962 g/mol. The normalized spacial score (nSPS) is 17.6. The summed E-state index contributed by atoms with van der Waals surface area (Å²) in [4.78, 5) is 14.8. The molecule has 0 radical (unpaired) electrons. The second-order valence-corrected chi connectivity index (χ2v) is 18.8. The van der Waals surface area contributed by atoms with Crippen LogP contribution in [0.4, 0.5) is 5.69 Å². The zero-order valence-corrected chi connectivity index (χ0v) is 42.8. The topological polar surface area (TPSA) is 151 Å². The number of amidine groups is 1. The molecular formula is C59H46KN3O6P-. The molecule has 1 fully saturated rings. The first-order valence-electron chi connectivity index (χ1n) is 23.0. The van der Waals surface area contributed by atoms with Gasteiger partial charge in [0, 0.05) is 16.7 Å². The zero-order valence-electron chi connectivity index (χ0n) is 38.7. The molecule has 11 rings (SSSR count). The van der Waals surface area contributed by atoms with Gasteiger partial charge in [-0.25, -0.2) is 4.99 Å². The molecule has 2 aliphatic carbocycles. The Morgan fingerprint density at radius 2 is 1.36 bits per heavy atom. The van der Waals surface area contributed by atoms with Crippen LogP contribution in [0.1, 0.15) is 83.3 Å². The molecule has 1 aromatic heterocycles. The third-order valence-electron chi connectivity index (χ3n) is 13.5. The van der Waals surface area contributed by atoms with E-state index in [1.54, 1.807) is 12.1 Å². The standard InChI is InChI=1S/C59H46N3O6P.K/c1-3-14-34(4-2)59-62-52-42-29-39(25-28-46(42)68-56(52)57(69-59)37-17-10-6-11-18-37)47-53(65)51-49-43(44(63)30-45(64)48(49)40-26-27-41(40)50(51)55(67)54(47)66)32-61-58(38-19-12-7-13-20-38)60-31-33-21-23-36(24-22-33)35-15-8-5-9-16-35;/h3-25,28-30,32,40-41,57,63-67,69H,26-27H2,1-2H3;/q-2;+1/b14-3-,34-4+,61-58?;. The van der Waals surface area contributed by atoms with Gasteiger partial charge in [0.2, 0.25) is 0 Å². The summed E-state index contributed by atoms with van der Waals surface area (Å²) in [5.74, 6) is -1.17. The van der Waals surface area contributed by atoms with E-state index >= 15 is 0 Å². The molecule has 11 heteroatoms. The Morgan fingerprint density at radius 1 is 0.700 bits per heavy atom. The Bertz CT molecular complexity index is 3470. The fourth-order valence-corrected chi connectivity index (χ4v) is 11.6. The van der Waals surface area contributed by atoms with E-state index in [0.717, 1.165) is 39.0 Å². The summed E-state index contributed by atoms with van der Waals surface area (Å²) >= 11 is 0. The van der Waals surface area contributed by atoms with E-state index in [9.17, 15) is 25.5 Å². The summed E-state index contributed by atoms with van der Waals surface area (Å²) in [7, 11) is 0.296. The summed E-state index contributed by atoms with van der Waals surface area (Å²) in [6, 6.07) is 44.3. The molecule has 3 aliphatic rings. The SMILES string of the molecule is C/C=C\C(=C/C)C1=Nc2c(oc3ccc(-c4c(O)c(O)c5c(c4O)-c4c([CH-]N=C(N=[C-]c6ccc(-c7ccccc7)cc6)c6ccccc6)c(O)cc(O)c4C4CCC54)cc23)C(c2ccccc2)P1.[K+]. The molecule has 1 aliphatic heterocycles. The average molecular weight is 963 g/mol. The number of rotatable bonds is 9. The van der Waals surface area contributed by atoms with Crippen molar-refractivity contribution in [3.8, 4) is 62.1 Å². The van der Waals surface area contributed by atoms with Crippen LogP contribution in [0.25, 0.3) is 44.3 Å². The van der Waals surface area contributed by atoms with Gasteiger partial charge in [-0.15, -0.1) is 17.7 Å². The second kappa shape index (κ2) is 19.7. The number of benzene rings is 7.